The number of imide groups is 1. The van der Waals surface area contributed by atoms with Crippen molar-refractivity contribution in [1.82, 2.24) is 14.7 Å². The lowest BCUT2D eigenvalue weighted by Gasteiger charge is -2.43. The fourth-order valence-corrected chi connectivity index (χ4v) is 3.46. The maximum Gasteiger partial charge on any atom is 0.326 e. The molecule has 8 nitrogen and oxygen atoms in total. The number of ether oxygens (including phenoxy) is 2. The van der Waals surface area contributed by atoms with E-state index in [4.69, 9.17) is 9.47 Å². The Labute approximate surface area is 135 Å². The molecule has 3 aliphatic heterocycles. The first-order chi connectivity index (χ1) is 11.0. The molecule has 1 atom stereocenters. The molecule has 3 fully saturated rings. The van der Waals surface area contributed by atoms with Gasteiger partial charge in [0.2, 0.25) is 11.8 Å². The topological polar surface area (TPSA) is 79.4 Å². The summed E-state index contributed by atoms with van der Waals surface area (Å²) in [5.74, 6) is -0.150. The third kappa shape index (κ3) is 3.05. The number of nitrogens with zero attached hydrogens (tertiary/aromatic N) is 3. The smallest absolute Gasteiger partial charge is 0.326 e. The van der Waals surface area contributed by atoms with Gasteiger partial charge in [0.15, 0.2) is 0 Å². The second-order valence-corrected chi connectivity index (χ2v) is 6.41. The van der Waals surface area contributed by atoms with Crippen LogP contribution in [0.15, 0.2) is 0 Å². The maximum atomic E-state index is 12.6. The molecular weight excluding hydrogens is 302 g/mol. The van der Waals surface area contributed by atoms with Gasteiger partial charge in [0.05, 0.1) is 25.4 Å². The molecular formula is C15H23N3O5. The number of hydrogen-bond donors (Lipinski definition) is 0. The van der Waals surface area contributed by atoms with Crippen molar-refractivity contribution in [1.29, 1.82) is 0 Å². The predicted molar refractivity (Wildman–Crippen MR) is 79.7 cm³/mol. The number of morpholine rings is 1. The molecule has 3 aliphatic rings. The van der Waals surface area contributed by atoms with E-state index in [2.05, 4.69) is 0 Å². The van der Waals surface area contributed by atoms with E-state index in [0.29, 0.717) is 52.4 Å². The minimum atomic E-state index is -0.325. The number of carbonyl (C=O) groups excluding carboxylic acids is 3. The van der Waals surface area contributed by atoms with Crippen molar-refractivity contribution in [3.05, 3.63) is 0 Å². The Morgan fingerprint density at radius 2 is 1.96 bits per heavy atom. The Morgan fingerprint density at radius 3 is 2.61 bits per heavy atom. The van der Waals surface area contributed by atoms with E-state index in [1.165, 1.54) is 9.80 Å². The summed E-state index contributed by atoms with van der Waals surface area (Å²) in [6, 6.07) is -0.283. The van der Waals surface area contributed by atoms with Gasteiger partial charge >= 0.3 is 6.03 Å². The van der Waals surface area contributed by atoms with Gasteiger partial charge in [-0.1, -0.05) is 0 Å². The molecule has 8 heteroatoms. The van der Waals surface area contributed by atoms with Crippen LogP contribution in [0.1, 0.15) is 19.3 Å². The Morgan fingerprint density at radius 1 is 1.22 bits per heavy atom. The molecule has 128 valence electrons. The third-order valence-corrected chi connectivity index (χ3v) is 4.79. The summed E-state index contributed by atoms with van der Waals surface area (Å²) < 4.78 is 11.0. The van der Waals surface area contributed by atoms with E-state index in [1.54, 1.807) is 7.05 Å². The van der Waals surface area contributed by atoms with Crippen LogP contribution in [-0.4, -0.2) is 91.2 Å². The fraction of sp³-hybridized carbons (Fsp3) is 0.800. The zero-order chi connectivity index (χ0) is 16.4. The predicted octanol–water partition coefficient (Wildman–Crippen LogP) is -0.321. The first-order valence-corrected chi connectivity index (χ1v) is 8.05. The van der Waals surface area contributed by atoms with Crippen LogP contribution in [-0.2, 0) is 19.1 Å². The van der Waals surface area contributed by atoms with Crippen LogP contribution in [0.4, 0.5) is 4.79 Å². The van der Waals surface area contributed by atoms with Crippen molar-refractivity contribution in [3.63, 3.8) is 0 Å². The van der Waals surface area contributed by atoms with Gasteiger partial charge in [-0.05, 0) is 12.8 Å². The number of rotatable bonds is 4. The largest absolute Gasteiger partial charge is 0.379 e. The van der Waals surface area contributed by atoms with Crippen LogP contribution in [0.3, 0.4) is 0 Å². The van der Waals surface area contributed by atoms with Gasteiger partial charge in [0.25, 0.3) is 0 Å². The van der Waals surface area contributed by atoms with Crippen LogP contribution < -0.4 is 0 Å². The molecule has 3 rings (SSSR count). The fourth-order valence-electron chi connectivity index (χ4n) is 3.46. The Hall–Kier alpha value is -1.67. The Kier molecular flexibility index (Phi) is 4.54. The van der Waals surface area contributed by atoms with E-state index in [0.717, 1.165) is 6.42 Å². The summed E-state index contributed by atoms with van der Waals surface area (Å²) in [6.07, 6.45) is 1.60. The van der Waals surface area contributed by atoms with Crippen LogP contribution in [0.25, 0.3) is 0 Å². The molecule has 0 aromatic rings. The summed E-state index contributed by atoms with van der Waals surface area (Å²) in [5.41, 5.74) is -0.325. The summed E-state index contributed by atoms with van der Waals surface area (Å²) in [5, 5.41) is 0. The second kappa shape index (κ2) is 6.45. The molecule has 23 heavy (non-hydrogen) atoms. The standard InChI is InChI=1S/C15H23N3O5/c1-16-9-13(20)17(14(16)21)5-2-3-12(19)18-6-8-23-11-15(18)4-7-22-10-15/h2-11H2,1H3. The molecule has 1 spiro atoms. The summed E-state index contributed by atoms with van der Waals surface area (Å²) in [4.78, 5) is 40.6. The van der Waals surface area contributed by atoms with Crippen LogP contribution in [0, 0.1) is 0 Å². The van der Waals surface area contributed by atoms with E-state index >= 15 is 0 Å². The highest BCUT2D eigenvalue weighted by molar-refractivity contribution is 6.01. The normalized spacial score (nSPS) is 28.3. The average Bonchev–Trinajstić information content (AvgIpc) is 3.08. The number of amides is 4. The minimum absolute atomic E-state index is 0.0475. The summed E-state index contributed by atoms with van der Waals surface area (Å²) in [6.45, 7) is 3.22. The molecule has 0 radical (unpaired) electrons. The quantitative estimate of drug-likeness (QED) is 0.662. The zero-order valence-electron chi connectivity index (χ0n) is 13.5. The molecule has 3 saturated heterocycles. The number of carbonyl (C=O) groups is 3. The molecule has 0 aromatic heterocycles. The highest BCUT2D eigenvalue weighted by Crippen LogP contribution is 2.30. The van der Waals surface area contributed by atoms with Gasteiger partial charge in [-0.15, -0.1) is 0 Å². The lowest BCUT2D eigenvalue weighted by atomic mass is 9.95. The zero-order valence-corrected chi connectivity index (χ0v) is 13.5. The molecule has 0 aliphatic carbocycles. The lowest BCUT2D eigenvalue weighted by Crippen LogP contribution is -2.59. The summed E-state index contributed by atoms with van der Waals surface area (Å²) >= 11 is 0. The molecule has 4 amide bonds. The van der Waals surface area contributed by atoms with Crippen molar-refractivity contribution in [2.45, 2.75) is 24.8 Å². The third-order valence-electron chi connectivity index (χ3n) is 4.79. The monoisotopic (exact) mass is 325 g/mol. The van der Waals surface area contributed by atoms with Gasteiger partial charge in [0.1, 0.15) is 6.54 Å². The highest BCUT2D eigenvalue weighted by atomic mass is 16.5. The molecule has 0 bridgehead atoms. The van der Waals surface area contributed by atoms with Crippen molar-refractivity contribution in [2.75, 3.05) is 53.1 Å². The van der Waals surface area contributed by atoms with Gasteiger partial charge in [-0.2, -0.15) is 0 Å². The van der Waals surface area contributed by atoms with E-state index in [1.807, 2.05) is 4.90 Å². The van der Waals surface area contributed by atoms with Crippen molar-refractivity contribution >= 4 is 17.8 Å². The Balaban J connectivity index is 1.53. The van der Waals surface area contributed by atoms with Crippen LogP contribution >= 0.6 is 0 Å². The first kappa shape index (κ1) is 16.2. The highest BCUT2D eigenvalue weighted by Gasteiger charge is 2.45. The van der Waals surface area contributed by atoms with Crippen molar-refractivity contribution in [3.8, 4) is 0 Å². The van der Waals surface area contributed by atoms with Crippen LogP contribution in [0.5, 0.6) is 0 Å². The van der Waals surface area contributed by atoms with Gasteiger partial charge in [0, 0.05) is 33.2 Å². The van der Waals surface area contributed by atoms with E-state index in [9.17, 15) is 14.4 Å². The molecule has 1 unspecified atom stereocenters. The first-order valence-electron chi connectivity index (χ1n) is 8.05. The second-order valence-electron chi connectivity index (χ2n) is 6.41. The minimum Gasteiger partial charge on any atom is -0.379 e. The van der Waals surface area contributed by atoms with Gasteiger partial charge in [-0.3, -0.25) is 14.5 Å². The molecule has 3 heterocycles. The maximum absolute atomic E-state index is 12.6. The van der Waals surface area contributed by atoms with Gasteiger partial charge in [-0.25, -0.2) is 4.79 Å². The van der Waals surface area contributed by atoms with Crippen molar-refractivity contribution < 1.29 is 23.9 Å². The number of urea groups is 1. The Bertz CT molecular complexity index is 503. The summed E-state index contributed by atoms with van der Waals surface area (Å²) in [7, 11) is 1.60. The van der Waals surface area contributed by atoms with E-state index in [-0.39, 0.29) is 29.9 Å². The lowest BCUT2D eigenvalue weighted by molar-refractivity contribution is -0.149. The molecule has 0 aromatic carbocycles. The van der Waals surface area contributed by atoms with Gasteiger partial charge < -0.3 is 19.3 Å². The van der Waals surface area contributed by atoms with Crippen molar-refractivity contribution in [2.24, 2.45) is 0 Å². The molecule has 0 saturated carbocycles. The average molecular weight is 325 g/mol. The SMILES string of the molecule is CN1CC(=O)N(CCCC(=O)N2CCOCC23CCOC3)C1=O. The number of hydrogen-bond acceptors (Lipinski definition) is 5. The van der Waals surface area contributed by atoms with Crippen LogP contribution in [0.2, 0.25) is 0 Å². The number of likely N-dealkylation sites (N-methyl/N-ethyl adjacent to an activating group) is 1. The van der Waals surface area contributed by atoms with E-state index < -0.39 is 0 Å². The molecule has 0 N–H and O–H groups in total.